The minimum absolute atomic E-state index is 0.0115. The minimum atomic E-state index is -0.268. The number of amides is 1. The van der Waals surface area contributed by atoms with Crippen molar-refractivity contribution in [3.05, 3.63) is 33.7 Å². The lowest BCUT2D eigenvalue weighted by molar-refractivity contribution is 0.0911. The van der Waals surface area contributed by atoms with Crippen LogP contribution in [0.4, 0.5) is 5.82 Å². The average Bonchev–Trinajstić information content (AvgIpc) is 3.23. The van der Waals surface area contributed by atoms with Crippen molar-refractivity contribution in [2.75, 3.05) is 18.0 Å². The predicted molar refractivity (Wildman–Crippen MR) is 104 cm³/mol. The molecular formula is C19H25N5O2S. The molecule has 2 fully saturated rings. The van der Waals surface area contributed by atoms with E-state index >= 15 is 0 Å². The highest BCUT2D eigenvalue weighted by molar-refractivity contribution is 7.13. The van der Waals surface area contributed by atoms with E-state index in [4.69, 9.17) is 0 Å². The zero-order valence-electron chi connectivity index (χ0n) is 15.7. The van der Waals surface area contributed by atoms with Crippen LogP contribution in [-0.2, 0) is 6.42 Å². The summed E-state index contributed by atoms with van der Waals surface area (Å²) in [5.74, 6) is 1.22. The van der Waals surface area contributed by atoms with Gasteiger partial charge in [0.05, 0.1) is 16.8 Å². The second-order valence-corrected chi connectivity index (χ2v) is 8.49. The smallest absolute Gasteiger partial charge is 0.263 e. The highest BCUT2D eigenvalue weighted by Crippen LogP contribution is 2.37. The fourth-order valence-corrected chi connectivity index (χ4v) is 4.66. The molecule has 2 aliphatic rings. The van der Waals surface area contributed by atoms with Gasteiger partial charge in [-0.1, -0.05) is 6.92 Å². The quantitative estimate of drug-likeness (QED) is 0.816. The lowest BCUT2D eigenvalue weighted by atomic mass is 9.78. The average molecular weight is 388 g/mol. The van der Waals surface area contributed by atoms with Crippen LogP contribution >= 0.6 is 11.3 Å². The van der Waals surface area contributed by atoms with Crippen molar-refractivity contribution in [3.8, 4) is 0 Å². The Morgan fingerprint density at radius 2 is 2.22 bits per heavy atom. The summed E-state index contributed by atoms with van der Waals surface area (Å²) in [5, 5.41) is 13.9. The number of carbonyl (C=O) groups excluding carboxylic acids is 1. The fourth-order valence-electron chi connectivity index (χ4n) is 3.75. The number of thiazole rings is 1. The Kier molecular flexibility index (Phi) is 5.10. The molecule has 1 amide bonds. The molecule has 0 aromatic carbocycles. The number of nitrogens with zero attached hydrogens (tertiary/aromatic N) is 4. The van der Waals surface area contributed by atoms with Gasteiger partial charge in [-0.05, 0) is 32.6 Å². The standard InChI is InChI=1S/C19H25N5O2S/c1-3-17-22-11(2)18(27-17)19(26)23-13-6-12(7-13)15-8-16(21-10-20-15)24-5-4-14(25)9-24/h8,10,12-14,25H,3-7,9H2,1-2H3,(H,23,26)/t12?,13?,14-/m1/s1. The Bertz CT molecular complexity index is 833. The fraction of sp³-hybridized carbons (Fsp3) is 0.579. The largest absolute Gasteiger partial charge is 0.391 e. The zero-order valence-corrected chi connectivity index (χ0v) is 16.5. The molecule has 27 heavy (non-hydrogen) atoms. The molecule has 1 saturated carbocycles. The molecule has 0 spiro atoms. The highest BCUT2D eigenvalue weighted by Gasteiger charge is 2.34. The zero-order chi connectivity index (χ0) is 19.0. The van der Waals surface area contributed by atoms with E-state index < -0.39 is 0 Å². The molecule has 1 aliphatic heterocycles. The second-order valence-electron chi connectivity index (χ2n) is 7.40. The van der Waals surface area contributed by atoms with Crippen LogP contribution in [0.3, 0.4) is 0 Å². The van der Waals surface area contributed by atoms with Crippen LogP contribution in [0, 0.1) is 6.92 Å². The molecule has 2 N–H and O–H groups in total. The Labute approximate surface area is 162 Å². The molecule has 4 rings (SSSR count). The van der Waals surface area contributed by atoms with Crippen molar-refractivity contribution in [1.29, 1.82) is 0 Å². The normalized spacial score (nSPS) is 24.7. The number of aliphatic hydroxyl groups excluding tert-OH is 1. The molecule has 7 nitrogen and oxygen atoms in total. The van der Waals surface area contributed by atoms with E-state index in [2.05, 4.69) is 32.1 Å². The molecule has 2 aromatic heterocycles. The number of anilines is 1. The second kappa shape index (κ2) is 7.52. The van der Waals surface area contributed by atoms with Crippen molar-refractivity contribution in [3.63, 3.8) is 0 Å². The summed E-state index contributed by atoms with van der Waals surface area (Å²) in [6.07, 6.45) is 4.76. The van der Waals surface area contributed by atoms with Crippen LogP contribution in [0.5, 0.6) is 0 Å². The van der Waals surface area contributed by atoms with Crippen LogP contribution in [-0.4, -0.2) is 51.2 Å². The number of nitrogens with one attached hydrogen (secondary N) is 1. The van der Waals surface area contributed by atoms with Gasteiger partial charge in [0.1, 0.15) is 17.0 Å². The van der Waals surface area contributed by atoms with Crippen molar-refractivity contribution in [1.82, 2.24) is 20.3 Å². The van der Waals surface area contributed by atoms with Crippen LogP contribution in [0.15, 0.2) is 12.4 Å². The molecule has 0 unspecified atom stereocenters. The van der Waals surface area contributed by atoms with E-state index in [0.29, 0.717) is 12.5 Å². The molecule has 0 bridgehead atoms. The van der Waals surface area contributed by atoms with Crippen LogP contribution < -0.4 is 10.2 Å². The van der Waals surface area contributed by atoms with Gasteiger partial charge >= 0.3 is 0 Å². The lowest BCUT2D eigenvalue weighted by Crippen LogP contribution is -2.43. The molecule has 1 atom stereocenters. The SMILES string of the molecule is CCc1nc(C)c(C(=O)NC2CC(c3cc(N4CC[C@@H](O)C4)ncn3)C2)s1. The van der Waals surface area contributed by atoms with Crippen molar-refractivity contribution < 1.29 is 9.90 Å². The summed E-state index contributed by atoms with van der Waals surface area (Å²) in [6.45, 7) is 5.41. The van der Waals surface area contributed by atoms with E-state index in [0.717, 1.165) is 59.3 Å². The first-order chi connectivity index (χ1) is 13.0. The first kappa shape index (κ1) is 18.3. The van der Waals surface area contributed by atoms with Gasteiger partial charge < -0.3 is 15.3 Å². The number of aromatic nitrogens is 3. The third-order valence-electron chi connectivity index (χ3n) is 5.40. The van der Waals surface area contributed by atoms with Gasteiger partial charge in [-0.2, -0.15) is 0 Å². The number of β-amino-alcohol motifs (C(OH)–C–C–N with tert-alkyl or cyclic N) is 1. The number of carbonyl (C=O) groups is 1. The minimum Gasteiger partial charge on any atom is -0.391 e. The maximum Gasteiger partial charge on any atom is 0.263 e. The summed E-state index contributed by atoms with van der Waals surface area (Å²) in [5.41, 5.74) is 1.84. The highest BCUT2D eigenvalue weighted by atomic mass is 32.1. The topological polar surface area (TPSA) is 91.2 Å². The number of hydrogen-bond acceptors (Lipinski definition) is 7. The Morgan fingerprint density at radius 1 is 1.41 bits per heavy atom. The van der Waals surface area contributed by atoms with Gasteiger partial charge in [-0.15, -0.1) is 11.3 Å². The van der Waals surface area contributed by atoms with Gasteiger partial charge in [-0.3, -0.25) is 4.79 Å². The lowest BCUT2D eigenvalue weighted by Gasteiger charge is -2.35. The number of hydrogen-bond donors (Lipinski definition) is 2. The first-order valence-electron chi connectivity index (χ1n) is 9.55. The number of aryl methyl sites for hydroxylation is 2. The molecule has 1 aliphatic carbocycles. The van der Waals surface area contributed by atoms with Gasteiger partial charge in [0.25, 0.3) is 5.91 Å². The van der Waals surface area contributed by atoms with Gasteiger partial charge in [0.15, 0.2) is 0 Å². The monoisotopic (exact) mass is 387 g/mol. The summed E-state index contributed by atoms with van der Waals surface area (Å²) in [6, 6.07) is 2.21. The predicted octanol–water partition coefficient (Wildman–Crippen LogP) is 2.05. The van der Waals surface area contributed by atoms with Gasteiger partial charge in [0.2, 0.25) is 0 Å². The third-order valence-corrected chi connectivity index (χ3v) is 6.70. The Morgan fingerprint density at radius 3 is 2.89 bits per heavy atom. The molecule has 144 valence electrons. The Hall–Kier alpha value is -2.06. The van der Waals surface area contributed by atoms with Crippen molar-refractivity contribution in [2.24, 2.45) is 0 Å². The van der Waals surface area contributed by atoms with Gasteiger partial charge in [-0.25, -0.2) is 15.0 Å². The van der Waals surface area contributed by atoms with E-state index in [1.54, 1.807) is 6.33 Å². The Balaban J connectivity index is 1.34. The molecule has 1 saturated heterocycles. The van der Waals surface area contributed by atoms with Crippen LogP contribution in [0.2, 0.25) is 0 Å². The number of aliphatic hydroxyl groups is 1. The van der Waals surface area contributed by atoms with E-state index in [9.17, 15) is 9.90 Å². The van der Waals surface area contributed by atoms with Crippen molar-refractivity contribution >= 4 is 23.1 Å². The molecular weight excluding hydrogens is 362 g/mol. The van der Waals surface area contributed by atoms with E-state index in [1.807, 2.05) is 13.0 Å². The summed E-state index contributed by atoms with van der Waals surface area (Å²) in [7, 11) is 0. The van der Waals surface area contributed by atoms with Crippen LogP contribution in [0.25, 0.3) is 0 Å². The van der Waals surface area contributed by atoms with Crippen LogP contribution in [0.1, 0.15) is 58.2 Å². The van der Waals surface area contributed by atoms with Gasteiger partial charge in [0, 0.05) is 36.8 Å². The first-order valence-corrected chi connectivity index (χ1v) is 10.4. The van der Waals surface area contributed by atoms with Crippen molar-refractivity contribution in [2.45, 2.75) is 57.6 Å². The maximum absolute atomic E-state index is 12.5. The number of rotatable bonds is 5. The van der Waals surface area contributed by atoms with E-state index in [-0.39, 0.29) is 18.1 Å². The summed E-state index contributed by atoms with van der Waals surface area (Å²) < 4.78 is 0. The molecule has 2 aromatic rings. The molecule has 0 radical (unpaired) electrons. The molecule has 8 heteroatoms. The van der Waals surface area contributed by atoms with E-state index in [1.165, 1.54) is 11.3 Å². The molecule has 3 heterocycles. The summed E-state index contributed by atoms with van der Waals surface area (Å²) >= 11 is 1.49. The maximum atomic E-state index is 12.5. The third kappa shape index (κ3) is 3.82. The summed E-state index contributed by atoms with van der Waals surface area (Å²) in [4.78, 5) is 28.6.